The molecule has 1 aliphatic carbocycles. The molecule has 1 aromatic heterocycles. The predicted octanol–water partition coefficient (Wildman–Crippen LogP) is 4.07. The number of hydrogen-bond acceptors (Lipinski definition) is 4. The molecule has 0 aliphatic heterocycles. The standard InChI is InChI=1S/C23H32N2O3S/c1-17-13-18(2)25-23(14-17)21(15-24-29(3,26)27)16-28-22-11-9-20(10-12-22)19-7-5-4-6-8-19/h4-8,13-14,20-22,24H,9-12,15-16H2,1-3H3. The van der Waals surface area contributed by atoms with Crippen molar-refractivity contribution in [2.24, 2.45) is 0 Å². The lowest BCUT2D eigenvalue weighted by Gasteiger charge is -2.30. The molecule has 3 rings (SSSR count). The van der Waals surface area contributed by atoms with Crippen LogP contribution >= 0.6 is 0 Å². The van der Waals surface area contributed by atoms with Crippen molar-refractivity contribution in [3.05, 3.63) is 65.0 Å². The van der Waals surface area contributed by atoms with Crippen LogP contribution in [0.15, 0.2) is 42.5 Å². The zero-order chi connectivity index (χ0) is 20.9. The fourth-order valence-corrected chi connectivity index (χ4v) is 4.63. The molecule has 1 saturated carbocycles. The van der Waals surface area contributed by atoms with Crippen LogP contribution in [0, 0.1) is 13.8 Å². The first-order chi connectivity index (χ1) is 13.8. The molecule has 1 fully saturated rings. The van der Waals surface area contributed by atoms with Gasteiger partial charge in [-0.25, -0.2) is 13.1 Å². The van der Waals surface area contributed by atoms with E-state index in [0.29, 0.717) is 19.1 Å². The van der Waals surface area contributed by atoms with E-state index in [1.165, 1.54) is 11.8 Å². The van der Waals surface area contributed by atoms with Gasteiger partial charge in [0.15, 0.2) is 0 Å². The van der Waals surface area contributed by atoms with Crippen LogP contribution < -0.4 is 4.72 Å². The number of aromatic nitrogens is 1. The van der Waals surface area contributed by atoms with Crippen LogP contribution in [0.1, 0.15) is 60.0 Å². The van der Waals surface area contributed by atoms with Gasteiger partial charge >= 0.3 is 0 Å². The summed E-state index contributed by atoms with van der Waals surface area (Å²) in [6.07, 6.45) is 5.73. The fraction of sp³-hybridized carbons (Fsp3) is 0.522. The highest BCUT2D eigenvalue weighted by Crippen LogP contribution is 2.34. The molecule has 1 aliphatic rings. The maximum absolute atomic E-state index is 11.6. The quantitative estimate of drug-likeness (QED) is 0.704. The van der Waals surface area contributed by atoms with Crippen molar-refractivity contribution >= 4 is 10.0 Å². The normalized spacial score (nSPS) is 21.1. The van der Waals surface area contributed by atoms with E-state index in [1.54, 1.807) is 0 Å². The average molecular weight is 417 g/mol. The number of ether oxygens (including phenoxy) is 1. The van der Waals surface area contributed by atoms with Gasteiger partial charge in [0.2, 0.25) is 10.0 Å². The Hall–Kier alpha value is -1.76. The maximum Gasteiger partial charge on any atom is 0.208 e. The zero-order valence-corrected chi connectivity index (χ0v) is 18.4. The number of aryl methyl sites for hydroxylation is 2. The van der Waals surface area contributed by atoms with Crippen LogP contribution in [0.4, 0.5) is 0 Å². The highest BCUT2D eigenvalue weighted by molar-refractivity contribution is 7.88. The molecule has 0 radical (unpaired) electrons. The van der Waals surface area contributed by atoms with Gasteiger partial charge in [0.25, 0.3) is 0 Å². The third kappa shape index (κ3) is 6.91. The molecule has 0 spiro atoms. The third-order valence-corrected chi connectivity index (χ3v) is 6.30. The smallest absolute Gasteiger partial charge is 0.208 e. The van der Waals surface area contributed by atoms with Crippen molar-refractivity contribution in [1.29, 1.82) is 0 Å². The average Bonchev–Trinajstić information content (AvgIpc) is 2.67. The molecule has 2 aromatic rings. The largest absolute Gasteiger partial charge is 0.377 e. The van der Waals surface area contributed by atoms with Crippen LogP contribution in [0.5, 0.6) is 0 Å². The molecule has 1 heterocycles. The molecule has 1 N–H and O–H groups in total. The van der Waals surface area contributed by atoms with E-state index in [-0.39, 0.29) is 12.0 Å². The summed E-state index contributed by atoms with van der Waals surface area (Å²) in [5.41, 5.74) is 4.37. The second-order valence-corrected chi connectivity index (χ2v) is 10.1. The summed E-state index contributed by atoms with van der Waals surface area (Å²) in [6.45, 7) is 4.77. The minimum Gasteiger partial charge on any atom is -0.377 e. The van der Waals surface area contributed by atoms with Gasteiger partial charge in [-0.05, 0) is 68.7 Å². The number of nitrogens with zero attached hydrogens (tertiary/aromatic N) is 1. The SMILES string of the molecule is Cc1cc(C)nc(C(CNS(C)(=O)=O)COC2CCC(c3ccccc3)CC2)c1. The van der Waals surface area contributed by atoms with E-state index >= 15 is 0 Å². The second kappa shape index (κ2) is 9.83. The Balaban J connectivity index is 1.59. The van der Waals surface area contributed by atoms with E-state index in [2.05, 4.69) is 40.0 Å². The number of rotatable bonds is 8. The molecule has 1 atom stereocenters. The van der Waals surface area contributed by atoms with Gasteiger partial charge in [0.05, 0.1) is 19.0 Å². The van der Waals surface area contributed by atoms with Gasteiger partial charge in [0, 0.05) is 23.9 Å². The summed E-state index contributed by atoms with van der Waals surface area (Å²) < 4.78 is 32.1. The highest BCUT2D eigenvalue weighted by atomic mass is 32.2. The van der Waals surface area contributed by atoms with Crippen molar-refractivity contribution < 1.29 is 13.2 Å². The van der Waals surface area contributed by atoms with Crippen molar-refractivity contribution in [2.45, 2.75) is 57.5 Å². The molecule has 29 heavy (non-hydrogen) atoms. The van der Waals surface area contributed by atoms with E-state index in [4.69, 9.17) is 4.74 Å². The first kappa shape index (κ1) is 21.9. The molecule has 5 nitrogen and oxygen atoms in total. The fourth-order valence-electron chi connectivity index (χ4n) is 4.12. The number of pyridine rings is 1. The van der Waals surface area contributed by atoms with Crippen molar-refractivity contribution in [3.63, 3.8) is 0 Å². The maximum atomic E-state index is 11.6. The molecular weight excluding hydrogens is 384 g/mol. The monoisotopic (exact) mass is 416 g/mol. The Labute approximate surface area is 175 Å². The zero-order valence-electron chi connectivity index (χ0n) is 17.6. The van der Waals surface area contributed by atoms with Gasteiger partial charge in [0.1, 0.15) is 0 Å². The van der Waals surface area contributed by atoms with Crippen LogP contribution in [0.2, 0.25) is 0 Å². The molecular formula is C23H32N2O3S. The van der Waals surface area contributed by atoms with E-state index in [0.717, 1.165) is 42.6 Å². The first-order valence-electron chi connectivity index (χ1n) is 10.4. The van der Waals surface area contributed by atoms with E-state index in [1.807, 2.05) is 26.0 Å². The number of hydrogen-bond donors (Lipinski definition) is 1. The van der Waals surface area contributed by atoms with Crippen LogP contribution in [-0.2, 0) is 14.8 Å². The molecule has 158 valence electrons. The summed E-state index contributed by atoms with van der Waals surface area (Å²) in [5, 5.41) is 0. The number of sulfonamides is 1. The highest BCUT2D eigenvalue weighted by Gasteiger charge is 2.24. The second-order valence-electron chi connectivity index (χ2n) is 8.25. The molecule has 0 amide bonds. The minimum atomic E-state index is -3.26. The Morgan fingerprint density at radius 2 is 1.79 bits per heavy atom. The van der Waals surface area contributed by atoms with Crippen molar-refractivity contribution in [2.75, 3.05) is 19.4 Å². The van der Waals surface area contributed by atoms with Crippen LogP contribution in [0.3, 0.4) is 0 Å². The van der Waals surface area contributed by atoms with Gasteiger partial charge in [-0.3, -0.25) is 4.98 Å². The topological polar surface area (TPSA) is 68.3 Å². The number of nitrogens with one attached hydrogen (secondary N) is 1. The lowest BCUT2D eigenvalue weighted by molar-refractivity contribution is 0.0166. The van der Waals surface area contributed by atoms with Gasteiger partial charge in [-0.1, -0.05) is 30.3 Å². The number of benzene rings is 1. The Morgan fingerprint density at radius 1 is 1.10 bits per heavy atom. The predicted molar refractivity (Wildman–Crippen MR) is 117 cm³/mol. The van der Waals surface area contributed by atoms with Crippen molar-refractivity contribution in [1.82, 2.24) is 9.71 Å². The lowest BCUT2D eigenvalue weighted by atomic mass is 9.83. The van der Waals surface area contributed by atoms with Crippen LogP contribution in [-0.4, -0.2) is 38.9 Å². The van der Waals surface area contributed by atoms with Crippen molar-refractivity contribution in [3.8, 4) is 0 Å². The van der Waals surface area contributed by atoms with Crippen LogP contribution in [0.25, 0.3) is 0 Å². The van der Waals surface area contributed by atoms with E-state index in [9.17, 15) is 8.42 Å². The first-order valence-corrected chi connectivity index (χ1v) is 12.3. The minimum absolute atomic E-state index is 0.102. The van der Waals surface area contributed by atoms with Gasteiger partial charge in [-0.2, -0.15) is 0 Å². The summed E-state index contributed by atoms with van der Waals surface area (Å²) >= 11 is 0. The summed E-state index contributed by atoms with van der Waals surface area (Å²) in [5.74, 6) is 0.509. The Kier molecular flexibility index (Phi) is 7.44. The Morgan fingerprint density at radius 3 is 2.41 bits per heavy atom. The van der Waals surface area contributed by atoms with Gasteiger partial charge < -0.3 is 4.74 Å². The van der Waals surface area contributed by atoms with E-state index < -0.39 is 10.0 Å². The summed E-state index contributed by atoms with van der Waals surface area (Å²) in [6, 6.07) is 14.7. The third-order valence-electron chi connectivity index (χ3n) is 5.61. The summed E-state index contributed by atoms with van der Waals surface area (Å²) in [4.78, 5) is 4.64. The summed E-state index contributed by atoms with van der Waals surface area (Å²) in [7, 11) is -3.26. The molecule has 6 heteroatoms. The van der Waals surface area contributed by atoms with Gasteiger partial charge in [-0.15, -0.1) is 0 Å². The molecule has 0 saturated heterocycles. The molecule has 0 bridgehead atoms. The molecule has 1 unspecified atom stereocenters. The lowest BCUT2D eigenvalue weighted by Crippen LogP contribution is -2.31. The molecule has 1 aromatic carbocycles. The Bertz CT molecular complexity index is 871.